The zero-order valence-electron chi connectivity index (χ0n) is 28.2. The molecule has 244 valence electrons. The topological polar surface area (TPSA) is 0 Å². The van der Waals surface area contributed by atoms with Crippen molar-refractivity contribution < 1.29 is 57.8 Å². The quantitative estimate of drug-likeness (QED) is 0.227. The van der Waals surface area contributed by atoms with Gasteiger partial charge in [0.2, 0.25) is 0 Å². The predicted molar refractivity (Wildman–Crippen MR) is 184 cm³/mol. The summed E-state index contributed by atoms with van der Waals surface area (Å²) in [6.07, 6.45) is 17.1. The molecule has 0 saturated heterocycles. The normalized spacial score (nSPS) is 16.0. The van der Waals surface area contributed by atoms with Crippen molar-refractivity contribution in [3.63, 3.8) is 0 Å². The number of allylic oxidation sites excluding steroid dienone is 8. The van der Waals surface area contributed by atoms with Crippen LogP contribution >= 0.6 is 0 Å². The Hall–Kier alpha value is -2.97. The van der Waals surface area contributed by atoms with Crippen LogP contribution in [0.15, 0.2) is 97.1 Å². The van der Waals surface area contributed by atoms with Crippen molar-refractivity contribution in [3.05, 3.63) is 165 Å². The van der Waals surface area contributed by atoms with Crippen LogP contribution in [0.25, 0.3) is 22.3 Å². The number of hydrogen-bond acceptors (Lipinski definition) is 0. The molecule has 48 heavy (non-hydrogen) atoms. The Morgan fingerprint density at radius 2 is 1.23 bits per heavy atom. The minimum Gasteiger partial charge on any atom is -1.00 e. The fourth-order valence-electron chi connectivity index (χ4n) is 7.02. The summed E-state index contributed by atoms with van der Waals surface area (Å²) >= 11 is 1.22. The van der Waals surface area contributed by atoms with Gasteiger partial charge in [0.25, 0.3) is 0 Å². The molecule has 0 unspecified atom stereocenters. The van der Waals surface area contributed by atoms with Crippen LogP contribution in [0.5, 0.6) is 0 Å². The molecular formula is C43H38Cl2F2Zr-2. The van der Waals surface area contributed by atoms with Crippen LogP contribution in [0.1, 0.15) is 92.5 Å². The number of hydrogen-bond donors (Lipinski definition) is 0. The van der Waals surface area contributed by atoms with Gasteiger partial charge in [-0.25, -0.2) is 17.7 Å². The summed E-state index contributed by atoms with van der Waals surface area (Å²) in [4.78, 5) is 0. The van der Waals surface area contributed by atoms with Gasteiger partial charge in [0.1, 0.15) is 0 Å². The minimum absolute atomic E-state index is 0. The molecule has 0 atom stereocenters. The van der Waals surface area contributed by atoms with Gasteiger partial charge in [-0.2, -0.15) is 11.6 Å². The third-order valence-electron chi connectivity index (χ3n) is 9.28. The van der Waals surface area contributed by atoms with E-state index in [1.807, 2.05) is 12.2 Å². The van der Waals surface area contributed by atoms with Crippen molar-refractivity contribution in [1.29, 1.82) is 0 Å². The van der Waals surface area contributed by atoms with E-state index < -0.39 is 0 Å². The largest absolute Gasteiger partial charge is 1.00 e. The maximum Gasteiger partial charge on any atom is -0.109 e. The van der Waals surface area contributed by atoms with Gasteiger partial charge in [-0.3, -0.25) is 12.2 Å². The first-order valence-corrected chi connectivity index (χ1v) is 17.1. The monoisotopic (exact) mass is 752 g/mol. The van der Waals surface area contributed by atoms with Gasteiger partial charge < -0.3 is 24.8 Å². The molecule has 0 N–H and O–H groups in total. The van der Waals surface area contributed by atoms with Gasteiger partial charge >= 0.3 is 108 Å². The fourth-order valence-corrected chi connectivity index (χ4v) is 7.83. The third-order valence-corrected chi connectivity index (χ3v) is 10.7. The number of fused-ring (bicyclic) bond motifs is 5. The van der Waals surface area contributed by atoms with E-state index in [9.17, 15) is 8.78 Å². The number of rotatable bonds is 2. The SMILES string of the molecule is CC1=[C-]C(C)(C)c2cc3c(cc21)-c1cc2c(cc1C3)C(C)(C)C=C2C.Fc1ccc([C](=[Zr+2])c2ccc(F)cc2)cc1.[C-]1=CC=CC1.[Cl-].[Cl-]. The zero-order chi connectivity index (χ0) is 32.8. The zero-order valence-corrected chi connectivity index (χ0v) is 32.1. The maximum absolute atomic E-state index is 12.8. The van der Waals surface area contributed by atoms with Crippen molar-refractivity contribution in [2.45, 2.75) is 65.2 Å². The van der Waals surface area contributed by atoms with Crippen molar-refractivity contribution >= 4 is 14.4 Å². The molecule has 0 saturated carbocycles. The van der Waals surface area contributed by atoms with Gasteiger partial charge in [0, 0.05) is 5.41 Å². The molecule has 4 aliphatic rings. The fraction of sp³-hybridized carbons (Fsp3) is 0.233. The van der Waals surface area contributed by atoms with Crippen LogP contribution in [-0.4, -0.2) is 3.21 Å². The molecule has 0 nitrogen and oxygen atoms in total. The van der Waals surface area contributed by atoms with Crippen LogP contribution in [0.2, 0.25) is 0 Å². The molecular weight excluding hydrogens is 717 g/mol. The Bertz CT molecular complexity index is 1830. The summed E-state index contributed by atoms with van der Waals surface area (Å²) < 4.78 is 26.6. The van der Waals surface area contributed by atoms with Crippen molar-refractivity contribution in [3.8, 4) is 11.1 Å². The summed E-state index contributed by atoms with van der Waals surface area (Å²) in [7, 11) is 0. The summed E-state index contributed by atoms with van der Waals surface area (Å²) in [5, 5.41) is 0. The Labute approximate surface area is 311 Å². The number of benzene rings is 4. The van der Waals surface area contributed by atoms with E-state index in [0.717, 1.165) is 27.2 Å². The van der Waals surface area contributed by atoms with Crippen molar-refractivity contribution in [2.75, 3.05) is 0 Å². The standard InChI is InChI=1S/C25H25.C13H8F2.C5H5.2ClH.Zr/c1-14-12-24(3,4)22-8-16-7-17-9-23-19(15(2)13-25(23,5)6)11-21(17)20(16)10-18(14)22;14-12-5-1-10(2-6-12)9-11-3-7-13(15)8-4-11;1-2-4-5-3-1;;;/h8-12H,7H2,1-6H3;1-8H;1-3H,4H2;2*1H;/q-1;;-1;;;+2/p-2. The van der Waals surface area contributed by atoms with Gasteiger partial charge in [-0.05, 0) is 58.4 Å². The molecule has 4 aliphatic carbocycles. The molecule has 4 aromatic carbocycles. The second kappa shape index (κ2) is 14.9. The second-order valence-corrected chi connectivity index (χ2v) is 14.8. The Morgan fingerprint density at radius 3 is 1.71 bits per heavy atom. The minimum atomic E-state index is -0.244. The average molecular weight is 755 g/mol. The molecule has 0 amide bonds. The second-order valence-electron chi connectivity index (χ2n) is 13.6. The molecule has 0 aromatic heterocycles. The van der Waals surface area contributed by atoms with Crippen LogP contribution in [0, 0.1) is 23.8 Å². The van der Waals surface area contributed by atoms with E-state index in [0.29, 0.717) is 0 Å². The van der Waals surface area contributed by atoms with Gasteiger partial charge in [0.15, 0.2) is 0 Å². The summed E-state index contributed by atoms with van der Waals surface area (Å²) in [5.74, 6) is -0.488. The first-order valence-electron chi connectivity index (χ1n) is 15.8. The van der Waals surface area contributed by atoms with E-state index in [2.05, 4.69) is 90.1 Å². The van der Waals surface area contributed by atoms with Gasteiger partial charge in [-0.1, -0.05) is 58.2 Å². The Kier molecular flexibility index (Phi) is 11.7. The third kappa shape index (κ3) is 7.60. The van der Waals surface area contributed by atoms with Crippen molar-refractivity contribution in [1.82, 2.24) is 0 Å². The number of halogens is 4. The maximum atomic E-state index is 12.8. The molecule has 0 radical (unpaired) electrons. The molecule has 0 heterocycles. The van der Waals surface area contributed by atoms with E-state index in [1.165, 1.54) is 104 Å². The average Bonchev–Trinajstić information content (AvgIpc) is 3.79. The molecule has 8 rings (SSSR count). The molecule has 0 bridgehead atoms. The Balaban J connectivity index is 0.000000195. The molecule has 0 fully saturated rings. The summed E-state index contributed by atoms with van der Waals surface area (Å²) in [5.41, 5.74) is 16.5. The van der Waals surface area contributed by atoms with Crippen LogP contribution < -0.4 is 24.8 Å². The molecule has 5 heteroatoms. The van der Waals surface area contributed by atoms with Gasteiger partial charge in [-0.15, -0.1) is 18.1 Å². The van der Waals surface area contributed by atoms with Crippen LogP contribution in [0.4, 0.5) is 8.78 Å². The van der Waals surface area contributed by atoms with Gasteiger partial charge in [0.05, 0.1) is 0 Å². The first kappa shape index (κ1) is 37.8. The van der Waals surface area contributed by atoms with Crippen molar-refractivity contribution in [2.24, 2.45) is 0 Å². The van der Waals surface area contributed by atoms with E-state index in [1.54, 1.807) is 24.3 Å². The summed E-state index contributed by atoms with van der Waals surface area (Å²) in [6, 6.07) is 22.5. The molecule has 0 aliphatic heterocycles. The van der Waals surface area contributed by atoms with Crippen LogP contribution in [-0.2, 0) is 41.5 Å². The molecule has 0 spiro atoms. The first-order chi connectivity index (χ1) is 21.8. The van der Waals surface area contributed by atoms with E-state index in [4.69, 9.17) is 0 Å². The summed E-state index contributed by atoms with van der Waals surface area (Å²) in [6.45, 7) is 13.7. The van der Waals surface area contributed by atoms with Crippen LogP contribution in [0.3, 0.4) is 0 Å². The molecule has 4 aromatic rings. The Morgan fingerprint density at radius 1 is 0.708 bits per heavy atom. The van der Waals surface area contributed by atoms with E-state index >= 15 is 0 Å². The smallest absolute Gasteiger partial charge is 0.109 e. The van der Waals surface area contributed by atoms with E-state index in [-0.39, 0.29) is 47.3 Å². The predicted octanol–water partition coefficient (Wildman–Crippen LogP) is 4.84.